The molecule has 1 unspecified atom stereocenters. The van der Waals surface area contributed by atoms with Gasteiger partial charge >= 0.3 is 0 Å². The molecule has 0 bridgehead atoms. The number of hydrogen-bond acceptors (Lipinski definition) is 1. The Bertz CT molecular complexity index is 199. The summed E-state index contributed by atoms with van der Waals surface area (Å²) in [5, 5.41) is 0. The fourth-order valence-corrected chi connectivity index (χ4v) is 0.807. The molecular weight excluding hydrogens is 146 g/mol. The first-order chi connectivity index (χ1) is 5.76. The molecule has 0 N–H and O–H groups in total. The normalized spacial score (nSPS) is 14.7. The maximum atomic E-state index is 4.05. The molecule has 0 aliphatic carbocycles. The van der Waals surface area contributed by atoms with E-state index in [1.807, 2.05) is 12.3 Å². The largest absolute Gasteiger partial charge is 0.264 e. The molecule has 1 heteroatoms. The molecule has 0 spiro atoms. The molecule has 0 amide bonds. The Hall–Kier alpha value is -1.11. The third-order valence-electron chi connectivity index (χ3n) is 1.83. The highest BCUT2D eigenvalue weighted by atomic mass is 14.7. The zero-order valence-corrected chi connectivity index (χ0v) is 7.96. The first kappa shape index (κ1) is 10.9. The van der Waals surface area contributed by atoms with Crippen molar-refractivity contribution in [3.8, 4) is 0 Å². The van der Waals surface area contributed by atoms with Crippen molar-refractivity contribution >= 4 is 6.21 Å². The van der Waals surface area contributed by atoms with Crippen molar-refractivity contribution in [2.24, 2.45) is 10.9 Å². The van der Waals surface area contributed by atoms with Crippen LogP contribution >= 0.6 is 0 Å². The molecule has 1 nitrogen and oxygen atoms in total. The van der Waals surface area contributed by atoms with E-state index in [9.17, 15) is 0 Å². The number of hydrogen-bond donors (Lipinski definition) is 0. The van der Waals surface area contributed by atoms with Crippen molar-refractivity contribution < 1.29 is 0 Å². The van der Waals surface area contributed by atoms with Crippen molar-refractivity contribution in [3.63, 3.8) is 0 Å². The molecule has 0 rings (SSSR count). The summed E-state index contributed by atoms with van der Waals surface area (Å²) in [6.07, 6.45) is 8.14. The van der Waals surface area contributed by atoms with Crippen molar-refractivity contribution in [1.82, 2.24) is 0 Å². The molecule has 66 valence electrons. The predicted molar refractivity (Wildman–Crippen MR) is 56.4 cm³/mol. The second-order valence-corrected chi connectivity index (χ2v) is 2.68. The van der Waals surface area contributed by atoms with E-state index in [1.54, 1.807) is 12.3 Å². The minimum Gasteiger partial charge on any atom is -0.264 e. The van der Waals surface area contributed by atoms with Crippen molar-refractivity contribution in [1.29, 1.82) is 0 Å². The standard InChI is InChI=1S/C11H17N/c1-5-8-12-9-11(7-3)10(4)6-2/h5,7-10H,1,3,6H2,2,4H3/b11-9+,12-8?. The highest BCUT2D eigenvalue weighted by Gasteiger charge is 2.00. The molecule has 0 aromatic carbocycles. The van der Waals surface area contributed by atoms with Crippen LogP contribution in [-0.2, 0) is 0 Å². The lowest BCUT2D eigenvalue weighted by atomic mass is 10.00. The summed E-state index contributed by atoms with van der Waals surface area (Å²) in [6, 6.07) is 0. The lowest BCUT2D eigenvalue weighted by Crippen LogP contribution is -1.93. The average Bonchev–Trinajstić information content (AvgIpc) is 2.11. The van der Waals surface area contributed by atoms with E-state index in [2.05, 4.69) is 32.0 Å². The van der Waals surface area contributed by atoms with E-state index in [-0.39, 0.29) is 0 Å². The Kier molecular flexibility index (Phi) is 5.98. The minimum absolute atomic E-state index is 0.532. The van der Waals surface area contributed by atoms with Crippen LogP contribution in [0, 0.1) is 5.92 Å². The predicted octanol–water partition coefficient (Wildman–Crippen LogP) is 3.36. The summed E-state index contributed by atoms with van der Waals surface area (Å²) in [4.78, 5) is 4.05. The van der Waals surface area contributed by atoms with Gasteiger partial charge in [-0.1, -0.05) is 39.2 Å². The van der Waals surface area contributed by atoms with Crippen LogP contribution in [0.25, 0.3) is 0 Å². The van der Waals surface area contributed by atoms with E-state index in [1.165, 1.54) is 5.57 Å². The van der Waals surface area contributed by atoms with Crippen LogP contribution in [0.2, 0.25) is 0 Å². The van der Waals surface area contributed by atoms with Gasteiger partial charge in [0, 0.05) is 12.4 Å². The molecule has 0 heterocycles. The molecule has 0 aliphatic rings. The average molecular weight is 163 g/mol. The Morgan fingerprint density at radius 2 is 2.17 bits per heavy atom. The van der Waals surface area contributed by atoms with Crippen LogP contribution in [0.5, 0.6) is 0 Å². The zero-order chi connectivity index (χ0) is 9.40. The van der Waals surface area contributed by atoms with Crippen LogP contribution in [-0.4, -0.2) is 6.21 Å². The summed E-state index contributed by atoms with van der Waals surface area (Å²) in [7, 11) is 0. The van der Waals surface area contributed by atoms with Gasteiger partial charge in [0.25, 0.3) is 0 Å². The van der Waals surface area contributed by atoms with E-state index in [0.29, 0.717) is 5.92 Å². The SMILES string of the molecule is C=CC=N/C=C(\C=C)C(C)CC. The maximum absolute atomic E-state index is 4.05. The molecular formula is C11H17N. The fraction of sp³-hybridized carbons (Fsp3) is 0.364. The van der Waals surface area contributed by atoms with Crippen LogP contribution < -0.4 is 0 Å². The van der Waals surface area contributed by atoms with Gasteiger partial charge in [-0.05, 0) is 17.9 Å². The topological polar surface area (TPSA) is 12.4 Å². The number of rotatable bonds is 5. The van der Waals surface area contributed by atoms with Crippen LogP contribution in [0.4, 0.5) is 0 Å². The second-order valence-electron chi connectivity index (χ2n) is 2.68. The Labute approximate surface area is 75.2 Å². The smallest absolute Gasteiger partial charge is 0.0302 e. The van der Waals surface area contributed by atoms with Gasteiger partial charge in [-0.2, -0.15) is 0 Å². The van der Waals surface area contributed by atoms with E-state index < -0.39 is 0 Å². The first-order valence-corrected chi connectivity index (χ1v) is 4.22. The molecule has 0 aliphatic heterocycles. The lowest BCUT2D eigenvalue weighted by molar-refractivity contribution is 0.669. The summed E-state index contributed by atoms with van der Waals surface area (Å²) >= 11 is 0. The third-order valence-corrected chi connectivity index (χ3v) is 1.83. The van der Waals surface area contributed by atoms with Gasteiger partial charge in [-0.15, -0.1) is 0 Å². The van der Waals surface area contributed by atoms with Gasteiger partial charge in [0.1, 0.15) is 0 Å². The molecule has 0 saturated heterocycles. The summed E-state index contributed by atoms with van der Waals surface area (Å²) < 4.78 is 0. The van der Waals surface area contributed by atoms with E-state index >= 15 is 0 Å². The first-order valence-electron chi connectivity index (χ1n) is 4.22. The van der Waals surface area contributed by atoms with Crippen molar-refractivity contribution in [2.45, 2.75) is 20.3 Å². The van der Waals surface area contributed by atoms with Crippen molar-refractivity contribution in [3.05, 3.63) is 37.1 Å². The number of nitrogens with zero attached hydrogens (tertiary/aromatic N) is 1. The lowest BCUT2D eigenvalue weighted by Gasteiger charge is -2.07. The number of allylic oxidation sites excluding steroid dienone is 3. The van der Waals surface area contributed by atoms with Gasteiger partial charge in [-0.3, -0.25) is 4.99 Å². The Morgan fingerprint density at radius 3 is 2.58 bits per heavy atom. The molecule has 0 radical (unpaired) electrons. The highest BCUT2D eigenvalue weighted by Crippen LogP contribution is 2.14. The summed E-state index contributed by atoms with van der Waals surface area (Å²) in [6.45, 7) is 11.6. The van der Waals surface area contributed by atoms with E-state index in [0.717, 1.165) is 6.42 Å². The molecule has 0 saturated carbocycles. The number of aliphatic imine (C=N–C) groups is 1. The Morgan fingerprint density at radius 1 is 1.50 bits per heavy atom. The molecule has 1 atom stereocenters. The van der Waals surface area contributed by atoms with Crippen molar-refractivity contribution in [2.75, 3.05) is 0 Å². The highest BCUT2D eigenvalue weighted by molar-refractivity contribution is 5.70. The van der Waals surface area contributed by atoms with Crippen LogP contribution in [0.15, 0.2) is 42.1 Å². The van der Waals surface area contributed by atoms with Crippen LogP contribution in [0.1, 0.15) is 20.3 Å². The maximum Gasteiger partial charge on any atom is 0.0302 e. The summed E-state index contributed by atoms with van der Waals surface area (Å²) in [5.41, 5.74) is 1.18. The fourth-order valence-electron chi connectivity index (χ4n) is 0.807. The third kappa shape index (κ3) is 3.91. The molecule has 0 fully saturated rings. The quantitative estimate of drug-likeness (QED) is 0.435. The minimum atomic E-state index is 0.532. The molecule has 0 aromatic rings. The van der Waals surface area contributed by atoms with Gasteiger partial charge in [-0.25, -0.2) is 0 Å². The molecule has 0 aromatic heterocycles. The summed E-state index contributed by atoms with van der Waals surface area (Å²) in [5.74, 6) is 0.532. The van der Waals surface area contributed by atoms with Gasteiger partial charge in [0.05, 0.1) is 0 Å². The monoisotopic (exact) mass is 163 g/mol. The zero-order valence-electron chi connectivity index (χ0n) is 7.96. The second kappa shape index (κ2) is 6.59. The van der Waals surface area contributed by atoms with Gasteiger partial charge in [0.15, 0.2) is 0 Å². The van der Waals surface area contributed by atoms with Crippen LogP contribution in [0.3, 0.4) is 0 Å². The van der Waals surface area contributed by atoms with E-state index in [4.69, 9.17) is 0 Å². The molecule has 12 heavy (non-hydrogen) atoms. The Balaban J connectivity index is 4.31. The van der Waals surface area contributed by atoms with Gasteiger partial charge < -0.3 is 0 Å². The van der Waals surface area contributed by atoms with Gasteiger partial charge in [0.2, 0.25) is 0 Å².